The van der Waals surface area contributed by atoms with Crippen LogP contribution in [0.2, 0.25) is 0 Å². The van der Waals surface area contributed by atoms with E-state index in [1.165, 1.54) is 0 Å². The molecule has 0 saturated carbocycles. The van der Waals surface area contributed by atoms with Gasteiger partial charge in [0.25, 0.3) is 0 Å². The molecule has 1 aromatic heterocycles. The summed E-state index contributed by atoms with van der Waals surface area (Å²) in [7, 11) is 0. The van der Waals surface area contributed by atoms with Crippen LogP contribution in [-0.2, 0) is 5.75 Å². The molecule has 1 heterocycles. The number of hydrogen-bond donors (Lipinski definition) is 2. The molecule has 0 amide bonds. The van der Waals surface area contributed by atoms with Gasteiger partial charge in [-0.15, -0.1) is 0 Å². The van der Waals surface area contributed by atoms with E-state index >= 15 is 0 Å². The van der Waals surface area contributed by atoms with Crippen LogP contribution < -0.4 is 5.32 Å². The van der Waals surface area contributed by atoms with Crippen LogP contribution in [0.3, 0.4) is 0 Å². The van der Waals surface area contributed by atoms with Gasteiger partial charge in [0, 0.05) is 24.1 Å². The van der Waals surface area contributed by atoms with Crippen LogP contribution >= 0.6 is 12.6 Å². The van der Waals surface area contributed by atoms with Gasteiger partial charge in [-0.25, -0.2) is 9.97 Å². The minimum atomic E-state index is 0.613. The first-order chi connectivity index (χ1) is 7.17. The van der Waals surface area contributed by atoms with Gasteiger partial charge in [0.1, 0.15) is 11.6 Å². The molecular weight excluding hydrogens is 208 g/mol. The maximum absolute atomic E-state index is 4.31. The standard InChI is InChI=1S/C10H16N4S/c1-4-11-7(2)13-10-9(6-15)5-12-8(3)14-10/h5,15H,4,6H2,1-3H3,(H,11,12,13,14). The van der Waals surface area contributed by atoms with Gasteiger partial charge in [-0.2, -0.15) is 12.6 Å². The molecule has 0 saturated heterocycles. The lowest BCUT2D eigenvalue weighted by atomic mass is 10.3. The Hall–Kier alpha value is -1.10. The lowest BCUT2D eigenvalue weighted by Gasteiger charge is -2.09. The second-order valence-corrected chi connectivity index (χ2v) is 3.45. The first-order valence-corrected chi connectivity index (χ1v) is 5.52. The van der Waals surface area contributed by atoms with E-state index in [1.54, 1.807) is 6.20 Å². The highest BCUT2D eigenvalue weighted by atomic mass is 32.1. The van der Waals surface area contributed by atoms with E-state index in [0.29, 0.717) is 5.75 Å². The largest absolute Gasteiger partial charge is 0.329 e. The summed E-state index contributed by atoms with van der Waals surface area (Å²) in [4.78, 5) is 12.7. The van der Waals surface area contributed by atoms with Crippen molar-refractivity contribution in [1.82, 2.24) is 9.97 Å². The summed E-state index contributed by atoms with van der Waals surface area (Å²) in [6.07, 6.45) is 1.79. The fraction of sp³-hybridized carbons (Fsp3) is 0.500. The highest BCUT2D eigenvalue weighted by Gasteiger charge is 2.04. The van der Waals surface area contributed by atoms with E-state index in [4.69, 9.17) is 0 Å². The molecule has 1 N–H and O–H groups in total. The second kappa shape index (κ2) is 5.70. The summed E-state index contributed by atoms with van der Waals surface area (Å²) >= 11 is 4.23. The molecule has 1 rings (SSSR count). The number of nitrogens with zero attached hydrogens (tertiary/aromatic N) is 3. The highest BCUT2D eigenvalue weighted by Crippen LogP contribution is 2.13. The number of rotatable bonds is 3. The minimum Gasteiger partial charge on any atom is -0.329 e. The minimum absolute atomic E-state index is 0.613. The van der Waals surface area contributed by atoms with Crippen molar-refractivity contribution in [2.75, 3.05) is 11.9 Å². The SMILES string of the molecule is CCN=C(C)Nc1nc(C)ncc1CS. The molecule has 0 atom stereocenters. The Morgan fingerprint density at radius 1 is 1.60 bits per heavy atom. The highest BCUT2D eigenvalue weighted by molar-refractivity contribution is 7.79. The number of anilines is 1. The Morgan fingerprint density at radius 3 is 2.93 bits per heavy atom. The molecule has 4 nitrogen and oxygen atoms in total. The van der Waals surface area contributed by atoms with Crippen molar-refractivity contribution in [3.8, 4) is 0 Å². The molecule has 0 unspecified atom stereocenters. The zero-order chi connectivity index (χ0) is 11.3. The van der Waals surface area contributed by atoms with Crippen LogP contribution in [0.25, 0.3) is 0 Å². The fourth-order valence-corrected chi connectivity index (χ4v) is 1.40. The Labute approximate surface area is 95.7 Å². The molecule has 1 aromatic rings. The van der Waals surface area contributed by atoms with Crippen molar-refractivity contribution in [3.63, 3.8) is 0 Å². The van der Waals surface area contributed by atoms with E-state index in [0.717, 1.165) is 29.6 Å². The number of aliphatic imine (C=N–C) groups is 1. The average Bonchev–Trinajstić information content (AvgIpc) is 2.18. The van der Waals surface area contributed by atoms with Gasteiger partial charge in [0.15, 0.2) is 0 Å². The average molecular weight is 224 g/mol. The molecule has 0 bridgehead atoms. The first-order valence-electron chi connectivity index (χ1n) is 4.88. The molecule has 15 heavy (non-hydrogen) atoms. The van der Waals surface area contributed by atoms with Crippen LogP contribution in [0.15, 0.2) is 11.2 Å². The molecule has 0 aliphatic heterocycles. The number of nitrogens with one attached hydrogen (secondary N) is 1. The molecule has 82 valence electrons. The number of amidine groups is 1. The Balaban J connectivity index is 2.92. The van der Waals surface area contributed by atoms with Crippen molar-refractivity contribution in [1.29, 1.82) is 0 Å². The lowest BCUT2D eigenvalue weighted by molar-refractivity contribution is 1.03. The maximum atomic E-state index is 4.31. The summed E-state index contributed by atoms with van der Waals surface area (Å²) < 4.78 is 0. The molecule has 0 aliphatic carbocycles. The van der Waals surface area contributed by atoms with Crippen molar-refractivity contribution in [3.05, 3.63) is 17.6 Å². The monoisotopic (exact) mass is 224 g/mol. The Bertz CT molecular complexity index is 362. The van der Waals surface area contributed by atoms with Gasteiger partial charge in [-0.3, -0.25) is 4.99 Å². The second-order valence-electron chi connectivity index (χ2n) is 3.13. The zero-order valence-electron chi connectivity index (χ0n) is 9.28. The molecule has 0 radical (unpaired) electrons. The third-order valence-corrected chi connectivity index (χ3v) is 2.19. The normalized spacial score (nSPS) is 11.6. The van der Waals surface area contributed by atoms with Crippen LogP contribution in [0.1, 0.15) is 25.2 Å². The van der Waals surface area contributed by atoms with Gasteiger partial charge in [-0.1, -0.05) is 0 Å². The smallest absolute Gasteiger partial charge is 0.139 e. The summed E-state index contributed by atoms with van der Waals surface area (Å²) in [5.74, 6) is 3.01. The van der Waals surface area contributed by atoms with Crippen LogP contribution in [0.5, 0.6) is 0 Å². The fourth-order valence-electron chi connectivity index (χ4n) is 1.17. The third kappa shape index (κ3) is 3.51. The van der Waals surface area contributed by atoms with E-state index in [2.05, 4.69) is 32.9 Å². The van der Waals surface area contributed by atoms with Crippen LogP contribution in [-0.4, -0.2) is 22.3 Å². The Kier molecular flexibility index (Phi) is 4.55. The van der Waals surface area contributed by atoms with Gasteiger partial charge in [0.05, 0.1) is 5.84 Å². The van der Waals surface area contributed by atoms with Crippen LogP contribution in [0.4, 0.5) is 5.82 Å². The Morgan fingerprint density at radius 2 is 2.33 bits per heavy atom. The predicted octanol–water partition coefficient (Wildman–Crippen LogP) is 2.07. The van der Waals surface area contributed by atoms with Crippen LogP contribution in [0, 0.1) is 6.92 Å². The number of thiol groups is 1. The summed E-state index contributed by atoms with van der Waals surface area (Å²) in [6.45, 7) is 6.54. The van der Waals surface area contributed by atoms with E-state index < -0.39 is 0 Å². The quantitative estimate of drug-likeness (QED) is 0.469. The topological polar surface area (TPSA) is 50.2 Å². The zero-order valence-corrected chi connectivity index (χ0v) is 10.2. The molecule has 0 spiro atoms. The molecular formula is C10H16N4S. The number of aryl methyl sites for hydroxylation is 1. The van der Waals surface area contributed by atoms with Gasteiger partial charge in [-0.05, 0) is 20.8 Å². The molecule has 5 heteroatoms. The van der Waals surface area contributed by atoms with Gasteiger partial charge < -0.3 is 5.32 Å². The van der Waals surface area contributed by atoms with Crippen molar-refractivity contribution < 1.29 is 0 Å². The number of aromatic nitrogens is 2. The van der Waals surface area contributed by atoms with Crippen molar-refractivity contribution in [2.45, 2.75) is 26.5 Å². The summed E-state index contributed by atoms with van der Waals surface area (Å²) in [5, 5.41) is 3.15. The van der Waals surface area contributed by atoms with Gasteiger partial charge in [0.2, 0.25) is 0 Å². The molecule has 0 aromatic carbocycles. The van der Waals surface area contributed by atoms with Gasteiger partial charge >= 0.3 is 0 Å². The predicted molar refractivity (Wildman–Crippen MR) is 66.7 cm³/mol. The van der Waals surface area contributed by atoms with E-state index in [9.17, 15) is 0 Å². The van der Waals surface area contributed by atoms with E-state index in [-0.39, 0.29) is 0 Å². The number of hydrogen-bond acceptors (Lipinski definition) is 4. The third-order valence-electron chi connectivity index (χ3n) is 1.85. The first kappa shape index (κ1) is 12.0. The maximum Gasteiger partial charge on any atom is 0.139 e. The van der Waals surface area contributed by atoms with E-state index in [1.807, 2.05) is 20.8 Å². The molecule has 0 aliphatic rings. The van der Waals surface area contributed by atoms with Crippen molar-refractivity contribution in [2.24, 2.45) is 4.99 Å². The lowest BCUT2D eigenvalue weighted by Crippen LogP contribution is -2.12. The van der Waals surface area contributed by atoms with Crippen molar-refractivity contribution >= 4 is 24.3 Å². The molecule has 0 fully saturated rings. The summed E-state index contributed by atoms with van der Waals surface area (Å²) in [5.41, 5.74) is 0.981. The summed E-state index contributed by atoms with van der Waals surface area (Å²) in [6, 6.07) is 0.